The Kier molecular flexibility index (Phi) is 5.75. The van der Waals surface area contributed by atoms with Gasteiger partial charge in [-0.3, -0.25) is 0 Å². The average Bonchev–Trinajstić information content (AvgIpc) is 2.74. The van der Waals surface area contributed by atoms with Crippen molar-refractivity contribution in [1.29, 1.82) is 0 Å². The number of nitrogens with one attached hydrogen (secondary N) is 2. The Morgan fingerprint density at radius 3 is 2.10 bits per heavy atom. The van der Waals surface area contributed by atoms with Gasteiger partial charge in [-0.25, -0.2) is 9.97 Å². The van der Waals surface area contributed by atoms with Crippen molar-refractivity contribution in [2.24, 2.45) is 0 Å². The van der Waals surface area contributed by atoms with Crippen LogP contribution in [-0.4, -0.2) is 15.5 Å². The van der Waals surface area contributed by atoms with Crippen LogP contribution in [0.5, 0.6) is 0 Å². The molecule has 4 rings (SSSR count). The lowest BCUT2D eigenvalue weighted by Crippen LogP contribution is -2.39. The molecule has 0 spiro atoms. The van der Waals surface area contributed by atoms with E-state index in [0.29, 0.717) is 0 Å². The molecular formula is C27H30N4. The van der Waals surface area contributed by atoms with Crippen LogP contribution in [0.4, 0.5) is 11.5 Å². The number of nitrogens with zero attached hydrogens (tertiary/aromatic N) is 2. The van der Waals surface area contributed by atoms with Crippen LogP contribution in [0.1, 0.15) is 49.1 Å². The lowest BCUT2D eigenvalue weighted by Gasteiger charge is -2.29. The molecule has 2 N–H and O–H groups in total. The third kappa shape index (κ3) is 4.92. The highest BCUT2D eigenvalue weighted by atomic mass is 15.0. The Hall–Kier alpha value is -3.24. The van der Waals surface area contributed by atoms with Crippen LogP contribution in [0.25, 0.3) is 10.9 Å². The van der Waals surface area contributed by atoms with E-state index in [4.69, 9.17) is 0 Å². The average molecular weight is 411 g/mol. The van der Waals surface area contributed by atoms with Crippen LogP contribution in [0, 0.1) is 13.8 Å². The second kappa shape index (κ2) is 8.48. The predicted octanol–water partition coefficient (Wildman–Crippen LogP) is 6.47. The molecule has 0 aliphatic carbocycles. The molecule has 4 aromatic rings. The number of rotatable bonds is 5. The van der Waals surface area contributed by atoms with Crippen LogP contribution in [-0.2, 0) is 0 Å². The minimum Gasteiger partial charge on any atom is -0.340 e. The summed E-state index contributed by atoms with van der Waals surface area (Å²) in [5.74, 6) is 0.827. The van der Waals surface area contributed by atoms with Gasteiger partial charge in [-0.15, -0.1) is 0 Å². The fourth-order valence-corrected chi connectivity index (χ4v) is 3.75. The first-order valence-corrected chi connectivity index (χ1v) is 10.7. The van der Waals surface area contributed by atoms with Gasteiger partial charge in [0.05, 0.1) is 11.6 Å². The molecule has 31 heavy (non-hydrogen) atoms. The highest BCUT2D eigenvalue weighted by Gasteiger charge is 2.20. The fraction of sp³-hybridized carbons (Fsp3) is 0.259. The van der Waals surface area contributed by atoms with Gasteiger partial charge in [-0.05, 0) is 81.1 Å². The third-order valence-corrected chi connectivity index (χ3v) is 5.47. The van der Waals surface area contributed by atoms with Crippen molar-refractivity contribution < 1.29 is 0 Å². The summed E-state index contributed by atoms with van der Waals surface area (Å²) in [5.41, 5.74) is 6.91. The summed E-state index contributed by atoms with van der Waals surface area (Å²) in [6.45, 7) is 10.8. The summed E-state index contributed by atoms with van der Waals surface area (Å²) < 4.78 is 0. The molecule has 0 fully saturated rings. The molecule has 158 valence electrons. The molecule has 1 atom stereocenters. The second-order valence-electron chi connectivity index (χ2n) is 9.16. The third-order valence-electron chi connectivity index (χ3n) is 5.47. The van der Waals surface area contributed by atoms with Crippen LogP contribution in [0.2, 0.25) is 0 Å². The van der Waals surface area contributed by atoms with Gasteiger partial charge in [0.1, 0.15) is 12.1 Å². The summed E-state index contributed by atoms with van der Waals surface area (Å²) in [6.07, 6.45) is 1.62. The summed E-state index contributed by atoms with van der Waals surface area (Å²) in [4.78, 5) is 8.92. The van der Waals surface area contributed by atoms with Crippen molar-refractivity contribution in [3.8, 4) is 0 Å². The number of anilines is 2. The number of fused-ring (bicyclic) bond motifs is 1. The van der Waals surface area contributed by atoms with Crippen molar-refractivity contribution in [2.45, 2.75) is 46.2 Å². The summed E-state index contributed by atoms with van der Waals surface area (Å²) in [7, 11) is 0. The quantitative estimate of drug-likeness (QED) is 0.396. The second-order valence-corrected chi connectivity index (χ2v) is 9.16. The maximum absolute atomic E-state index is 4.49. The first-order chi connectivity index (χ1) is 14.8. The molecule has 0 bridgehead atoms. The van der Waals surface area contributed by atoms with E-state index in [-0.39, 0.29) is 11.6 Å². The van der Waals surface area contributed by atoms with Crippen LogP contribution < -0.4 is 10.6 Å². The molecular weight excluding hydrogens is 380 g/mol. The van der Waals surface area contributed by atoms with E-state index in [1.165, 1.54) is 22.3 Å². The fourth-order valence-electron chi connectivity index (χ4n) is 3.75. The van der Waals surface area contributed by atoms with Crippen molar-refractivity contribution in [2.75, 3.05) is 5.32 Å². The van der Waals surface area contributed by atoms with Crippen molar-refractivity contribution in [3.05, 3.63) is 95.3 Å². The molecule has 1 heterocycles. The van der Waals surface area contributed by atoms with E-state index in [1.807, 2.05) is 0 Å². The van der Waals surface area contributed by atoms with Crippen molar-refractivity contribution in [3.63, 3.8) is 0 Å². The molecule has 0 amide bonds. The molecule has 0 radical (unpaired) electrons. The van der Waals surface area contributed by atoms with Gasteiger partial charge in [0, 0.05) is 16.6 Å². The van der Waals surface area contributed by atoms with E-state index >= 15 is 0 Å². The number of benzene rings is 3. The molecule has 0 aliphatic heterocycles. The molecule has 0 saturated carbocycles. The molecule has 1 aromatic heterocycles. The zero-order valence-electron chi connectivity index (χ0n) is 18.9. The lowest BCUT2D eigenvalue weighted by atomic mass is 9.95. The smallest absolute Gasteiger partial charge is 0.141 e. The van der Waals surface area contributed by atoms with E-state index in [2.05, 4.69) is 122 Å². The number of hydrogen-bond donors (Lipinski definition) is 2. The van der Waals surface area contributed by atoms with Crippen LogP contribution in [0.3, 0.4) is 0 Å². The SMILES string of the molecule is Cc1cc2ncnc(Nc3ccc([C@@H](NC(C)(C)C)c4ccccc4)cc3)c2cc1C. The van der Waals surface area contributed by atoms with Crippen LogP contribution in [0.15, 0.2) is 73.1 Å². The number of hydrogen-bond acceptors (Lipinski definition) is 4. The van der Waals surface area contributed by atoms with E-state index < -0.39 is 0 Å². The summed E-state index contributed by atoms with van der Waals surface area (Å²) >= 11 is 0. The first kappa shape index (κ1) is 21.0. The molecule has 3 aromatic carbocycles. The molecule has 0 saturated heterocycles. The zero-order valence-corrected chi connectivity index (χ0v) is 18.9. The minimum absolute atomic E-state index is 0.00665. The standard InChI is InChI=1S/C27H30N4/c1-18-15-23-24(16-19(18)2)28-17-29-26(23)30-22-13-11-21(12-14-22)25(31-27(3,4)5)20-9-7-6-8-10-20/h6-17,25,31H,1-5H3,(H,28,29,30)/t25-/m0/s1. The molecule has 0 aliphatic rings. The highest BCUT2D eigenvalue weighted by molar-refractivity contribution is 5.91. The minimum atomic E-state index is -0.00665. The Morgan fingerprint density at radius 1 is 0.774 bits per heavy atom. The summed E-state index contributed by atoms with van der Waals surface area (Å²) in [6, 6.07) is 23.6. The largest absolute Gasteiger partial charge is 0.340 e. The molecule has 4 heteroatoms. The predicted molar refractivity (Wildman–Crippen MR) is 130 cm³/mol. The van der Waals surface area contributed by atoms with Gasteiger partial charge in [-0.2, -0.15) is 0 Å². The number of aromatic nitrogens is 2. The monoisotopic (exact) mass is 410 g/mol. The normalized spacial score (nSPS) is 12.7. The Morgan fingerprint density at radius 2 is 1.42 bits per heavy atom. The van der Waals surface area contributed by atoms with Gasteiger partial charge >= 0.3 is 0 Å². The topological polar surface area (TPSA) is 49.8 Å². The van der Waals surface area contributed by atoms with Gasteiger partial charge < -0.3 is 10.6 Å². The van der Waals surface area contributed by atoms with E-state index in [0.717, 1.165) is 22.4 Å². The Bertz CT molecular complexity index is 1180. The molecule has 0 unspecified atom stereocenters. The summed E-state index contributed by atoms with van der Waals surface area (Å²) in [5, 5.41) is 8.26. The van der Waals surface area contributed by atoms with E-state index in [1.54, 1.807) is 6.33 Å². The maximum Gasteiger partial charge on any atom is 0.141 e. The van der Waals surface area contributed by atoms with Crippen molar-refractivity contribution in [1.82, 2.24) is 15.3 Å². The Labute approximate surface area is 184 Å². The first-order valence-electron chi connectivity index (χ1n) is 10.7. The highest BCUT2D eigenvalue weighted by Crippen LogP contribution is 2.28. The van der Waals surface area contributed by atoms with Crippen molar-refractivity contribution >= 4 is 22.4 Å². The molecule has 4 nitrogen and oxygen atoms in total. The van der Waals surface area contributed by atoms with Crippen LogP contribution >= 0.6 is 0 Å². The lowest BCUT2D eigenvalue weighted by molar-refractivity contribution is 0.391. The van der Waals surface area contributed by atoms with E-state index in [9.17, 15) is 0 Å². The van der Waals surface area contributed by atoms with Gasteiger partial charge in [0.2, 0.25) is 0 Å². The zero-order chi connectivity index (χ0) is 22.0. The van der Waals surface area contributed by atoms with Gasteiger partial charge in [0.15, 0.2) is 0 Å². The maximum atomic E-state index is 4.49. The number of aryl methyl sites for hydroxylation is 2. The van der Waals surface area contributed by atoms with Gasteiger partial charge in [0.25, 0.3) is 0 Å². The Balaban J connectivity index is 1.63. The van der Waals surface area contributed by atoms with Gasteiger partial charge in [-0.1, -0.05) is 42.5 Å².